The van der Waals surface area contributed by atoms with Gasteiger partial charge in [0.15, 0.2) is 0 Å². The summed E-state index contributed by atoms with van der Waals surface area (Å²) < 4.78 is 4.96. The van der Waals surface area contributed by atoms with Gasteiger partial charge in [0.05, 0.1) is 6.61 Å². The van der Waals surface area contributed by atoms with Crippen molar-refractivity contribution in [2.45, 2.75) is 64.7 Å². The summed E-state index contributed by atoms with van der Waals surface area (Å²) in [5, 5.41) is 0. The van der Waals surface area contributed by atoms with Crippen LogP contribution in [0, 0.1) is 0 Å². The van der Waals surface area contributed by atoms with Crippen molar-refractivity contribution in [3.05, 3.63) is 11.6 Å². The molecule has 2 nitrogen and oxygen atoms in total. The van der Waals surface area contributed by atoms with Crippen LogP contribution in [0.3, 0.4) is 0 Å². The molecule has 1 aliphatic carbocycles. The lowest BCUT2D eigenvalue weighted by atomic mass is 9.97. The predicted molar refractivity (Wildman–Crippen MR) is 66.3 cm³/mol. The molecular formula is C14H24O2. The van der Waals surface area contributed by atoms with Crippen LogP contribution in [-0.4, -0.2) is 12.6 Å². The van der Waals surface area contributed by atoms with Crippen LogP contribution in [0.5, 0.6) is 0 Å². The first-order valence-electron chi connectivity index (χ1n) is 6.69. The maximum absolute atomic E-state index is 11.4. The van der Waals surface area contributed by atoms with Gasteiger partial charge in [-0.1, -0.05) is 37.7 Å². The van der Waals surface area contributed by atoms with Crippen molar-refractivity contribution in [1.29, 1.82) is 0 Å². The third-order valence-corrected chi connectivity index (χ3v) is 3.10. The Bertz CT molecular complexity index is 219. The molecule has 1 aliphatic rings. The second kappa shape index (κ2) is 8.37. The summed E-state index contributed by atoms with van der Waals surface area (Å²) in [5.41, 5.74) is 1.29. The molecule has 1 saturated carbocycles. The first-order chi connectivity index (χ1) is 7.83. The molecule has 0 bridgehead atoms. The van der Waals surface area contributed by atoms with Gasteiger partial charge in [-0.25, -0.2) is 4.79 Å². The molecule has 1 rings (SSSR count). The van der Waals surface area contributed by atoms with Crippen LogP contribution in [0.15, 0.2) is 11.6 Å². The van der Waals surface area contributed by atoms with Crippen molar-refractivity contribution in [1.82, 2.24) is 0 Å². The monoisotopic (exact) mass is 224 g/mol. The molecule has 0 aliphatic heterocycles. The summed E-state index contributed by atoms with van der Waals surface area (Å²) in [6.45, 7) is 2.33. The fraction of sp³-hybridized carbons (Fsp3) is 0.786. The highest BCUT2D eigenvalue weighted by atomic mass is 16.5. The van der Waals surface area contributed by atoms with E-state index in [-0.39, 0.29) is 5.97 Å². The van der Waals surface area contributed by atoms with E-state index in [1.54, 1.807) is 6.08 Å². The zero-order valence-electron chi connectivity index (χ0n) is 10.5. The van der Waals surface area contributed by atoms with Gasteiger partial charge in [0, 0.05) is 6.08 Å². The summed E-state index contributed by atoms with van der Waals surface area (Å²) in [7, 11) is 0. The van der Waals surface area contributed by atoms with E-state index in [1.165, 1.54) is 50.5 Å². The summed E-state index contributed by atoms with van der Waals surface area (Å²) in [6, 6.07) is 0. The molecule has 0 aromatic heterocycles. The minimum Gasteiger partial charge on any atom is -0.463 e. The quantitative estimate of drug-likeness (QED) is 0.523. The van der Waals surface area contributed by atoms with Crippen molar-refractivity contribution in [3.8, 4) is 0 Å². The Morgan fingerprint density at radius 3 is 2.06 bits per heavy atom. The lowest BCUT2D eigenvalue weighted by Crippen LogP contribution is -2.02. The number of esters is 1. The van der Waals surface area contributed by atoms with E-state index in [0.29, 0.717) is 6.61 Å². The van der Waals surface area contributed by atoms with E-state index in [2.05, 4.69) is 0 Å². The maximum atomic E-state index is 11.4. The fourth-order valence-electron chi connectivity index (χ4n) is 2.21. The zero-order valence-corrected chi connectivity index (χ0v) is 10.5. The second-order valence-electron chi connectivity index (χ2n) is 4.53. The topological polar surface area (TPSA) is 26.3 Å². The lowest BCUT2D eigenvalue weighted by molar-refractivity contribution is -0.137. The lowest BCUT2D eigenvalue weighted by Gasteiger charge is -2.10. The van der Waals surface area contributed by atoms with Gasteiger partial charge in [0.1, 0.15) is 0 Å². The van der Waals surface area contributed by atoms with E-state index in [9.17, 15) is 4.79 Å². The van der Waals surface area contributed by atoms with Crippen LogP contribution in [0.25, 0.3) is 0 Å². The normalized spacial score (nSPS) is 18.9. The van der Waals surface area contributed by atoms with Crippen molar-refractivity contribution >= 4 is 5.97 Å². The smallest absolute Gasteiger partial charge is 0.330 e. The third-order valence-electron chi connectivity index (χ3n) is 3.10. The van der Waals surface area contributed by atoms with Crippen LogP contribution >= 0.6 is 0 Å². The predicted octanol–water partition coefficient (Wildman–Crippen LogP) is 4.00. The molecule has 0 N–H and O–H groups in total. The standard InChI is InChI=1S/C14H24O2/c1-2-16-14(15)12-13-10-8-6-4-3-5-7-9-11-13/h12H,2-11H2,1H3. The van der Waals surface area contributed by atoms with Gasteiger partial charge in [-0.2, -0.15) is 0 Å². The SMILES string of the molecule is CCOC(=O)C=C1CCCCCCCCC1. The van der Waals surface area contributed by atoms with Gasteiger partial charge >= 0.3 is 5.97 Å². The number of ether oxygens (including phenoxy) is 1. The number of rotatable bonds is 2. The Morgan fingerprint density at radius 2 is 1.56 bits per heavy atom. The highest BCUT2D eigenvalue weighted by Gasteiger charge is 2.05. The number of hydrogen-bond acceptors (Lipinski definition) is 2. The van der Waals surface area contributed by atoms with E-state index in [4.69, 9.17) is 4.74 Å². The molecular weight excluding hydrogens is 200 g/mol. The first-order valence-corrected chi connectivity index (χ1v) is 6.69. The molecule has 0 amide bonds. The van der Waals surface area contributed by atoms with E-state index < -0.39 is 0 Å². The minimum atomic E-state index is -0.158. The van der Waals surface area contributed by atoms with Crippen LogP contribution < -0.4 is 0 Å². The average molecular weight is 224 g/mol. The first kappa shape index (κ1) is 13.3. The van der Waals surface area contributed by atoms with Crippen LogP contribution in [0.2, 0.25) is 0 Å². The summed E-state index contributed by atoms with van der Waals surface area (Å²) in [6.07, 6.45) is 13.1. The van der Waals surface area contributed by atoms with Gasteiger partial charge in [-0.3, -0.25) is 0 Å². The van der Waals surface area contributed by atoms with Gasteiger partial charge in [-0.15, -0.1) is 0 Å². The summed E-state index contributed by atoms with van der Waals surface area (Å²) in [4.78, 5) is 11.4. The highest BCUT2D eigenvalue weighted by Crippen LogP contribution is 2.20. The van der Waals surface area contributed by atoms with E-state index in [0.717, 1.165) is 12.8 Å². The molecule has 0 spiro atoms. The third kappa shape index (κ3) is 5.94. The molecule has 16 heavy (non-hydrogen) atoms. The maximum Gasteiger partial charge on any atom is 0.330 e. The molecule has 0 aromatic carbocycles. The van der Waals surface area contributed by atoms with Crippen LogP contribution in [0.4, 0.5) is 0 Å². The van der Waals surface area contributed by atoms with Gasteiger partial charge in [0.25, 0.3) is 0 Å². The number of carbonyl (C=O) groups excluding carboxylic acids is 1. The van der Waals surface area contributed by atoms with Gasteiger partial charge in [-0.05, 0) is 32.6 Å². The molecule has 0 atom stereocenters. The largest absolute Gasteiger partial charge is 0.463 e. The van der Waals surface area contributed by atoms with Gasteiger partial charge in [0.2, 0.25) is 0 Å². The summed E-state index contributed by atoms with van der Waals surface area (Å²) in [5.74, 6) is -0.158. The van der Waals surface area contributed by atoms with Crippen LogP contribution in [-0.2, 0) is 9.53 Å². The van der Waals surface area contributed by atoms with Crippen LogP contribution in [0.1, 0.15) is 64.7 Å². The zero-order chi connectivity index (χ0) is 11.6. The molecule has 2 heteroatoms. The summed E-state index contributed by atoms with van der Waals surface area (Å²) >= 11 is 0. The molecule has 1 fully saturated rings. The Hall–Kier alpha value is -0.790. The minimum absolute atomic E-state index is 0.158. The second-order valence-corrected chi connectivity index (χ2v) is 4.53. The van der Waals surface area contributed by atoms with Crippen molar-refractivity contribution < 1.29 is 9.53 Å². The highest BCUT2D eigenvalue weighted by molar-refractivity contribution is 5.82. The molecule has 92 valence electrons. The molecule has 0 saturated heterocycles. The van der Waals surface area contributed by atoms with Crippen molar-refractivity contribution in [2.75, 3.05) is 6.61 Å². The molecule has 0 heterocycles. The Labute approximate surface area is 99.1 Å². The van der Waals surface area contributed by atoms with E-state index >= 15 is 0 Å². The molecule has 0 unspecified atom stereocenters. The van der Waals surface area contributed by atoms with Crippen molar-refractivity contribution in [3.63, 3.8) is 0 Å². The Kier molecular flexibility index (Phi) is 6.95. The number of carbonyl (C=O) groups is 1. The van der Waals surface area contributed by atoms with Gasteiger partial charge < -0.3 is 4.74 Å². The average Bonchev–Trinajstić information content (AvgIpc) is 2.27. The Balaban J connectivity index is 2.43. The number of hydrogen-bond donors (Lipinski definition) is 0. The molecule has 0 radical (unpaired) electrons. The molecule has 0 aromatic rings. The van der Waals surface area contributed by atoms with Crippen molar-refractivity contribution in [2.24, 2.45) is 0 Å². The van der Waals surface area contributed by atoms with E-state index in [1.807, 2.05) is 6.92 Å². The number of allylic oxidation sites excluding steroid dienone is 1. The Morgan fingerprint density at radius 1 is 1.06 bits per heavy atom. The fourth-order valence-corrected chi connectivity index (χ4v) is 2.21.